The topological polar surface area (TPSA) is 61.6 Å². The molecule has 0 saturated carbocycles. The third-order valence-electron chi connectivity index (χ3n) is 6.56. The molecule has 1 unspecified atom stereocenters. The van der Waals surface area contributed by atoms with E-state index in [2.05, 4.69) is 70.6 Å². The van der Waals surface area contributed by atoms with E-state index in [1.165, 1.54) is 42.7 Å². The molecule has 2 amide bonds. The highest BCUT2D eigenvalue weighted by Crippen LogP contribution is 2.21. The van der Waals surface area contributed by atoms with Gasteiger partial charge in [0.1, 0.15) is 0 Å². The summed E-state index contributed by atoms with van der Waals surface area (Å²) in [7, 11) is 2.70. The molecule has 1 atom stereocenters. The highest BCUT2D eigenvalue weighted by Gasteiger charge is 2.23. The highest BCUT2D eigenvalue weighted by atomic mass is 31.0. The first-order chi connectivity index (χ1) is 16.8. The summed E-state index contributed by atoms with van der Waals surface area (Å²) in [6, 6.07) is 8.19. The van der Waals surface area contributed by atoms with Crippen molar-refractivity contribution >= 4 is 26.1 Å². The average Bonchev–Trinajstić information content (AvgIpc) is 3.47. The summed E-state index contributed by atoms with van der Waals surface area (Å²) in [6.07, 6.45) is 11.5. The van der Waals surface area contributed by atoms with E-state index < -0.39 is 0 Å². The molecule has 3 rings (SSSR count). The average molecular weight is 493 g/mol. The predicted molar refractivity (Wildman–Crippen MR) is 152 cm³/mol. The Hall–Kier alpha value is -2.62. The largest absolute Gasteiger partial charge is 0.397 e. The van der Waals surface area contributed by atoms with Crippen molar-refractivity contribution in [2.24, 2.45) is 5.73 Å². The monoisotopic (exact) mass is 492 g/mol. The first-order valence-corrected chi connectivity index (χ1v) is 13.2. The molecular weight excluding hydrogens is 451 g/mol. The van der Waals surface area contributed by atoms with Crippen LogP contribution in [0.4, 0.5) is 4.79 Å². The summed E-state index contributed by atoms with van der Waals surface area (Å²) in [6.45, 7) is 13.1. The minimum atomic E-state index is -0.113. The number of carbonyl (C=O) groups is 1. The molecule has 188 valence electrons. The third kappa shape index (κ3) is 7.95. The van der Waals surface area contributed by atoms with Crippen LogP contribution in [0.15, 0.2) is 76.7 Å². The van der Waals surface area contributed by atoms with Gasteiger partial charge >= 0.3 is 6.03 Å². The van der Waals surface area contributed by atoms with Gasteiger partial charge in [0.05, 0.1) is 11.4 Å². The van der Waals surface area contributed by atoms with Crippen molar-refractivity contribution < 1.29 is 4.79 Å². The number of likely N-dealkylation sites (tertiary alicyclic amines) is 1. The van der Waals surface area contributed by atoms with Crippen LogP contribution < -0.4 is 16.4 Å². The molecule has 1 aromatic rings. The van der Waals surface area contributed by atoms with Gasteiger partial charge in [-0.3, -0.25) is 4.90 Å². The van der Waals surface area contributed by atoms with Crippen molar-refractivity contribution in [1.82, 2.24) is 15.1 Å². The standard InChI is InChI=1S/C29H41N4OP/c1-5-8-28(27(30)14-9-22(3)24-10-12-26(35)13-11-24)31-29(34)33-19-23(4)25(20-33)17-21(2)18-32-15-6-7-16-32/h8-14,17H,5-7,15-16,18-20,30,35H2,1-4H3,(H,31,34)/b21-17+,22-9+,27-14+,28-8-. The van der Waals surface area contributed by atoms with Gasteiger partial charge in [0.25, 0.3) is 0 Å². The molecule has 2 aliphatic rings. The number of nitrogens with zero attached hydrogens (tertiary/aromatic N) is 2. The number of allylic oxidation sites excluding steroid dienone is 4. The fourth-order valence-corrected chi connectivity index (χ4v) is 4.71. The van der Waals surface area contributed by atoms with Crippen LogP contribution in [0.3, 0.4) is 0 Å². The number of hydrogen-bond donors (Lipinski definition) is 2. The lowest BCUT2D eigenvalue weighted by molar-refractivity contribution is 0.213. The second kappa shape index (κ2) is 12.9. The van der Waals surface area contributed by atoms with Crippen LogP contribution in [0.25, 0.3) is 5.57 Å². The van der Waals surface area contributed by atoms with Gasteiger partial charge in [-0.2, -0.15) is 0 Å². The molecule has 1 fully saturated rings. The van der Waals surface area contributed by atoms with E-state index in [1.54, 1.807) is 0 Å². The first kappa shape index (κ1) is 27.0. The van der Waals surface area contributed by atoms with E-state index in [-0.39, 0.29) is 6.03 Å². The molecule has 2 aliphatic heterocycles. The van der Waals surface area contributed by atoms with Crippen LogP contribution in [0, 0.1) is 0 Å². The Morgan fingerprint density at radius 3 is 2.46 bits per heavy atom. The van der Waals surface area contributed by atoms with Crippen LogP contribution >= 0.6 is 9.24 Å². The lowest BCUT2D eigenvalue weighted by atomic mass is 10.1. The molecular formula is C29H41N4OP. The number of rotatable bonds is 8. The highest BCUT2D eigenvalue weighted by molar-refractivity contribution is 7.27. The summed E-state index contributed by atoms with van der Waals surface area (Å²) >= 11 is 0. The summed E-state index contributed by atoms with van der Waals surface area (Å²) in [5, 5.41) is 4.20. The fraction of sp³-hybridized carbons (Fsp3) is 0.414. The van der Waals surface area contributed by atoms with Crippen LogP contribution in [0.1, 0.15) is 52.5 Å². The normalized spacial score (nSPS) is 18.6. The van der Waals surface area contributed by atoms with Crippen LogP contribution in [0.5, 0.6) is 0 Å². The molecule has 0 radical (unpaired) electrons. The van der Waals surface area contributed by atoms with E-state index >= 15 is 0 Å². The molecule has 3 N–H and O–H groups in total. The van der Waals surface area contributed by atoms with Crippen LogP contribution in [0.2, 0.25) is 0 Å². The van der Waals surface area contributed by atoms with Crippen LogP contribution in [-0.4, -0.2) is 48.6 Å². The maximum atomic E-state index is 13.1. The van der Waals surface area contributed by atoms with Crippen LogP contribution in [-0.2, 0) is 0 Å². The van der Waals surface area contributed by atoms with Gasteiger partial charge in [-0.15, -0.1) is 9.24 Å². The van der Waals surface area contributed by atoms with E-state index in [1.807, 2.05) is 30.1 Å². The van der Waals surface area contributed by atoms with Gasteiger partial charge in [-0.05, 0) is 86.8 Å². The van der Waals surface area contributed by atoms with Gasteiger partial charge in [-0.1, -0.05) is 55.0 Å². The zero-order chi connectivity index (χ0) is 25.4. The Labute approximate surface area is 213 Å². The second-order valence-electron chi connectivity index (χ2n) is 9.69. The molecule has 0 spiro atoms. The molecule has 1 aromatic carbocycles. The molecule has 2 heterocycles. The molecule has 6 heteroatoms. The Morgan fingerprint density at radius 1 is 1.11 bits per heavy atom. The van der Waals surface area contributed by atoms with Gasteiger partial charge in [0, 0.05) is 19.6 Å². The SMILES string of the molecule is CC/C=C(NC(=O)N1CC(C)=C(/C=C(\C)CN2CCCC2)C1)/C(N)=C\C=C(/C)c1ccc(P)cc1. The maximum Gasteiger partial charge on any atom is 0.322 e. The van der Waals surface area contributed by atoms with Gasteiger partial charge in [0.2, 0.25) is 0 Å². The molecule has 0 aromatic heterocycles. The zero-order valence-electron chi connectivity index (χ0n) is 21.7. The molecule has 5 nitrogen and oxygen atoms in total. The summed E-state index contributed by atoms with van der Waals surface area (Å²) in [5.41, 5.74) is 13.7. The van der Waals surface area contributed by atoms with Crippen molar-refractivity contribution in [1.29, 1.82) is 0 Å². The number of urea groups is 1. The van der Waals surface area contributed by atoms with E-state index in [0.29, 0.717) is 24.5 Å². The number of amides is 2. The van der Waals surface area contributed by atoms with Crippen molar-refractivity contribution in [3.63, 3.8) is 0 Å². The quantitative estimate of drug-likeness (QED) is 0.392. The van der Waals surface area contributed by atoms with Crippen molar-refractivity contribution in [2.45, 2.75) is 47.0 Å². The van der Waals surface area contributed by atoms with Gasteiger partial charge in [0.15, 0.2) is 0 Å². The Morgan fingerprint density at radius 2 is 1.80 bits per heavy atom. The number of hydrogen-bond acceptors (Lipinski definition) is 3. The van der Waals surface area contributed by atoms with Crippen molar-refractivity contribution in [3.05, 3.63) is 82.2 Å². The number of nitrogens with two attached hydrogens (primary N) is 1. The Bertz CT molecular complexity index is 1060. The van der Waals surface area contributed by atoms with Crippen molar-refractivity contribution in [2.75, 3.05) is 32.7 Å². The molecule has 35 heavy (non-hydrogen) atoms. The third-order valence-corrected chi connectivity index (χ3v) is 6.94. The Balaban J connectivity index is 1.62. The number of nitrogens with one attached hydrogen (secondary N) is 1. The number of carbonyl (C=O) groups excluding carboxylic acids is 1. The molecule has 0 bridgehead atoms. The zero-order valence-corrected chi connectivity index (χ0v) is 22.9. The van der Waals surface area contributed by atoms with Gasteiger partial charge in [-0.25, -0.2) is 4.79 Å². The van der Waals surface area contributed by atoms with E-state index in [0.717, 1.165) is 29.4 Å². The Kier molecular flexibility index (Phi) is 9.94. The lowest BCUT2D eigenvalue weighted by Crippen LogP contribution is -2.39. The smallest absolute Gasteiger partial charge is 0.322 e. The minimum Gasteiger partial charge on any atom is -0.397 e. The second-order valence-corrected chi connectivity index (χ2v) is 10.4. The number of benzene rings is 1. The van der Waals surface area contributed by atoms with E-state index in [9.17, 15) is 4.79 Å². The lowest BCUT2D eigenvalue weighted by Gasteiger charge is -2.19. The molecule has 0 aliphatic carbocycles. The van der Waals surface area contributed by atoms with Gasteiger partial charge < -0.3 is 16.0 Å². The summed E-state index contributed by atoms with van der Waals surface area (Å²) in [4.78, 5) is 17.5. The van der Waals surface area contributed by atoms with E-state index in [4.69, 9.17) is 5.73 Å². The molecule has 1 saturated heterocycles. The first-order valence-electron chi connectivity index (χ1n) is 12.6. The fourth-order valence-electron chi connectivity index (χ4n) is 4.52. The summed E-state index contributed by atoms with van der Waals surface area (Å²) < 4.78 is 0. The summed E-state index contributed by atoms with van der Waals surface area (Å²) in [5.74, 6) is 0. The van der Waals surface area contributed by atoms with Crippen molar-refractivity contribution in [3.8, 4) is 0 Å². The minimum absolute atomic E-state index is 0.113. The maximum absolute atomic E-state index is 13.1. The predicted octanol–water partition coefficient (Wildman–Crippen LogP) is 5.11.